The number of nitrogens with zero attached hydrogens (tertiary/aromatic N) is 1. The van der Waals surface area contributed by atoms with E-state index < -0.39 is 0 Å². The molecule has 1 amide bonds. The zero-order valence-corrected chi connectivity index (χ0v) is 14.1. The molecular formula is C15H19BrClNO2. The summed E-state index contributed by atoms with van der Waals surface area (Å²) in [5.74, 6) is 0.522. The van der Waals surface area contributed by atoms with Crippen molar-refractivity contribution in [1.82, 2.24) is 4.90 Å². The van der Waals surface area contributed by atoms with Gasteiger partial charge >= 0.3 is 0 Å². The highest BCUT2D eigenvalue weighted by Gasteiger charge is 2.30. The maximum absolute atomic E-state index is 12.7. The fraction of sp³-hybridized carbons (Fsp3) is 0.533. The molecule has 1 fully saturated rings. The standard InChI is InChI=1S/C15H19BrClNO2/c1-18(13-6-4-3-5-12(13)16)15(19)11-9-10(17)7-8-14(11)20-2/h7-9,12-13H,3-6H2,1-2H3. The summed E-state index contributed by atoms with van der Waals surface area (Å²) in [5, 5.41) is 0.543. The Bertz CT molecular complexity index is 495. The summed E-state index contributed by atoms with van der Waals surface area (Å²) in [6, 6.07) is 5.35. The topological polar surface area (TPSA) is 29.5 Å². The van der Waals surface area contributed by atoms with Crippen molar-refractivity contribution in [2.24, 2.45) is 0 Å². The Labute approximate surface area is 133 Å². The van der Waals surface area contributed by atoms with Gasteiger partial charge in [0, 0.05) is 22.9 Å². The summed E-state index contributed by atoms with van der Waals surface area (Å²) >= 11 is 9.70. The lowest BCUT2D eigenvalue weighted by atomic mass is 9.94. The number of hydrogen-bond acceptors (Lipinski definition) is 2. The van der Waals surface area contributed by atoms with E-state index in [1.54, 1.807) is 25.3 Å². The molecule has 1 aliphatic carbocycles. The molecule has 0 spiro atoms. The summed E-state index contributed by atoms with van der Waals surface area (Å²) in [6.07, 6.45) is 4.52. The lowest BCUT2D eigenvalue weighted by Gasteiger charge is -2.35. The van der Waals surface area contributed by atoms with Crippen molar-refractivity contribution < 1.29 is 9.53 Å². The largest absolute Gasteiger partial charge is 0.496 e. The highest BCUT2D eigenvalue weighted by Crippen LogP contribution is 2.30. The quantitative estimate of drug-likeness (QED) is 0.759. The summed E-state index contributed by atoms with van der Waals surface area (Å²) < 4.78 is 5.27. The highest BCUT2D eigenvalue weighted by atomic mass is 79.9. The Morgan fingerprint density at radius 3 is 2.75 bits per heavy atom. The number of alkyl halides is 1. The molecule has 110 valence electrons. The van der Waals surface area contributed by atoms with Gasteiger partial charge < -0.3 is 9.64 Å². The predicted molar refractivity (Wildman–Crippen MR) is 85.1 cm³/mol. The number of carbonyl (C=O) groups is 1. The Morgan fingerprint density at radius 2 is 2.10 bits per heavy atom. The van der Waals surface area contributed by atoms with Crippen LogP contribution < -0.4 is 4.74 Å². The van der Waals surface area contributed by atoms with E-state index in [1.165, 1.54) is 6.42 Å². The van der Waals surface area contributed by atoms with Crippen molar-refractivity contribution in [2.75, 3.05) is 14.2 Å². The zero-order chi connectivity index (χ0) is 14.7. The first-order valence-electron chi connectivity index (χ1n) is 6.79. The number of carbonyl (C=O) groups excluding carboxylic acids is 1. The molecule has 5 heteroatoms. The maximum atomic E-state index is 12.7. The summed E-state index contributed by atoms with van der Waals surface area (Å²) in [5.41, 5.74) is 0.521. The van der Waals surface area contributed by atoms with Gasteiger partial charge in [-0.05, 0) is 31.0 Å². The van der Waals surface area contributed by atoms with Crippen LogP contribution in [-0.4, -0.2) is 35.8 Å². The molecule has 1 aromatic rings. The Hall–Kier alpha value is -0.740. The lowest BCUT2D eigenvalue weighted by Crippen LogP contribution is -2.44. The van der Waals surface area contributed by atoms with Gasteiger partial charge in [0.25, 0.3) is 5.91 Å². The second-order valence-corrected chi connectivity index (χ2v) is 6.74. The van der Waals surface area contributed by atoms with E-state index in [9.17, 15) is 4.79 Å². The van der Waals surface area contributed by atoms with Gasteiger partial charge in [-0.25, -0.2) is 0 Å². The van der Waals surface area contributed by atoms with Gasteiger partial charge in [-0.2, -0.15) is 0 Å². The Balaban J connectivity index is 2.23. The minimum atomic E-state index is -0.0410. The number of halogens is 2. The van der Waals surface area contributed by atoms with Crippen molar-refractivity contribution in [3.63, 3.8) is 0 Å². The average molecular weight is 361 g/mol. The molecule has 0 heterocycles. The van der Waals surface area contributed by atoms with Crippen LogP contribution in [0.2, 0.25) is 5.02 Å². The van der Waals surface area contributed by atoms with E-state index >= 15 is 0 Å². The van der Waals surface area contributed by atoms with E-state index in [2.05, 4.69) is 15.9 Å². The fourth-order valence-electron chi connectivity index (χ4n) is 2.69. The van der Waals surface area contributed by atoms with E-state index in [4.69, 9.17) is 16.3 Å². The predicted octanol–water partition coefficient (Wildman–Crippen LogP) is 4.13. The van der Waals surface area contributed by atoms with Gasteiger partial charge in [0.1, 0.15) is 5.75 Å². The molecule has 1 aromatic carbocycles. The van der Waals surface area contributed by atoms with Crippen molar-refractivity contribution in [3.8, 4) is 5.75 Å². The second kappa shape index (κ2) is 6.81. The van der Waals surface area contributed by atoms with Crippen molar-refractivity contribution >= 4 is 33.4 Å². The molecule has 0 bridgehead atoms. The first kappa shape index (κ1) is 15.6. The van der Waals surface area contributed by atoms with E-state index in [0.717, 1.165) is 19.3 Å². The average Bonchev–Trinajstić information content (AvgIpc) is 2.46. The minimum Gasteiger partial charge on any atom is -0.496 e. The molecule has 0 aliphatic heterocycles. The number of amides is 1. The third-order valence-electron chi connectivity index (χ3n) is 3.86. The SMILES string of the molecule is COc1ccc(Cl)cc1C(=O)N(C)C1CCCCC1Br. The molecule has 1 saturated carbocycles. The molecule has 2 rings (SSSR count). The number of ether oxygens (including phenoxy) is 1. The van der Waals surface area contributed by atoms with Gasteiger partial charge in [0.15, 0.2) is 0 Å². The summed E-state index contributed by atoms with van der Waals surface area (Å²) in [4.78, 5) is 14.9. The normalized spacial score (nSPS) is 22.4. The van der Waals surface area contributed by atoms with Crippen molar-refractivity contribution in [3.05, 3.63) is 28.8 Å². The van der Waals surface area contributed by atoms with Crippen LogP contribution in [0.4, 0.5) is 0 Å². The van der Waals surface area contributed by atoms with E-state index in [1.807, 2.05) is 11.9 Å². The minimum absolute atomic E-state index is 0.0410. The number of rotatable bonds is 3. The molecule has 0 aromatic heterocycles. The van der Waals surface area contributed by atoms with Crippen LogP contribution in [-0.2, 0) is 0 Å². The first-order valence-corrected chi connectivity index (χ1v) is 8.08. The molecule has 0 radical (unpaired) electrons. The molecule has 1 aliphatic rings. The molecule has 0 saturated heterocycles. The van der Waals surface area contributed by atoms with Gasteiger partial charge in [-0.15, -0.1) is 0 Å². The molecular weight excluding hydrogens is 342 g/mol. The van der Waals surface area contributed by atoms with Crippen molar-refractivity contribution in [1.29, 1.82) is 0 Å². The third-order valence-corrected chi connectivity index (χ3v) is 5.16. The van der Waals surface area contributed by atoms with Gasteiger partial charge in [-0.3, -0.25) is 4.79 Å². The lowest BCUT2D eigenvalue weighted by molar-refractivity contribution is 0.0701. The van der Waals surface area contributed by atoms with Crippen LogP contribution >= 0.6 is 27.5 Å². The first-order chi connectivity index (χ1) is 9.54. The van der Waals surface area contributed by atoms with Crippen molar-refractivity contribution in [2.45, 2.75) is 36.6 Å². The van der Waals surface area contributed by atoms with Crippen LogP contribution in [0.1, 0.15) is 36.0 Å². The number of methoxy groups -OCH3 is 1. The third kappa shape index (κ3) is 3.29. The smallest absolute Gasteiger partial charge is 0.257 e. The number of benzene rings is 1. The maximum Gasteiger partial charge on any atom is 0.257 e. The van der Waals surface area contributed by atoms with Crippen LogP contribution in [0.15, 0.2) is 18.2 Å². The molecule has 0 N–H and O–H groups in total. The molecule has 3 nitrogen and oxygen atoms in total. The van der Waals surface area contributed by atoms with Crippen LogP contribution in [0.3, 0.4) is 0 Å². The van der Waals surface area contributed by atoms with Crippen LogP contribution in [0.5, 0.6) is 5.75 Å². The summed E-state index contributed by atoms with van der Waals surface area (Å²) in [6.45, 7) is 0. The monoisotopic (exact) mass is 359 g/mol. The molecule has 2 unspecified atom stereocenters. The number of hydrogen-bond donors (Lipinski definition) is 0. The van der Waals surface area contributed by atoms with Crippen LogP contribution in [0.25, 0.3) is 0 Å². The van der Waals surface area contributed by atoms with Gasteiger partial charge in [-0.1, -0.05) is 40.4 Å². The van der Waals surface area contributed by atoms with Gasteiger partial charge in [0.05, 0.1) is 12.7 Å². The fourth-order valence-corrected chi connectivity index (χ4v) is 3.81. The molecule has 20 heavy (non-hydrogen) atoms. The van der Waals surface area contributed by atoms with E-state index in [-0.39, 0.29) is 11.9 Å². The Morgan fingerprint density at radius 1 is 1.40 bits per heavy atom. The summed E-state index contributed by atoms with van der Waals surface area (Å²) in [7, 11) is 3.42. The van der Waals surface area contributed by atoms with E-state index in [0.29, 0.717) is 21.2 Å². The van der Waals surface area contributed by atoms with Crippen LogP contribution in [0, 0.1) is 0 Å². The Kier molecular flexibility index (Phi) is 5.33. The highest BCUT2D eigenvalue weighted by molar-refractivity contribution is 9.09. The van der Waals surface area contributed by atoms with Gasteiger partial charge in [0.2, 0.25) is 0 Å². The second-order valence-electron chi connectivity index (χ2n) is 5.13. The molecule has 2 atom stereocenters. The zero-order valence-electron chi connectivity index (χ0n) is 11.7.